The molecule has 14 nitrogen and oxygen atoms in total. The average molecular weight is 472 g/mol. The summed E-state index contributed by atoms with van der Waals surface area (Å²) in [6.45, 7) is 0.609. The fourth-order valence-corrected chi connectivity index (χ4v) is 4.29. The van der Waals surface area contributed by atoms with Crippen LogP contribution < -0.4 is 20.9 Å². The predicted octanol–water partition coefficient (Wildman–Crippen LogP) is -1.18. The maximum absolute atomic E-state index is 13.2. The van der Waals surface area contributed by atoms with Gasteiger partial charge in [0.15, 0.2) is 6.23 Å². The minimum absolute atomic E-state index is 0.121. The molecule has 2 unspecified atom stereocenters. The average Bonchev–Trinajstić information content (AvgIpc) is 3.01. The Labute approximate surface area is 180 Å². The number of H-pyrrole nitrogens is 1. The lowest BCUT2D eigenvalue weighted by Gasteiger charge is -2.23. The van der Waals surface area contributed by atoms with Crippen molar-refractivity contribution >= 4 is 13.7 Å². The molecule has 174 valence electrons. The van der Waals surface area contributed by atoms with Crippen molar-refractivity contribution in [2.24, 2.45) is 0 Å². The molecule has 0 amide bonds. The molecule has 6 atom stereocenters. The first kappa shape index (κ1) is 23.8. The summed E-state index contributed by atoms with van der Waals surface area (Å²) in [5, 5.41) is 35.5. The highest BCUT2D eigenvalue weighted by Crippen LogP contribution is 2.45. The van der Waals surface area contributed by atoms with Gasteiger partial charge in [0, 0.05) is 0 Å². The lowest BCUT2D eigenvalue weighted by molar-refractivity contribution is -0.138. The van der Waals surface area contributed by atoms with Crippen LogP contribution in [-0.2, 0) is 18.6 Å². The van der Waals surface area contributed by atoms with Gasteiger partial charge in [0.1, 0.15) is 36.3 Å². The molecule has 1 aliphatic rings. The topological polar surface area (TPSA) is 202 Å². The van der Waals surface area contributed by atoms with Gasteiger partial charge in [0.25, 0.3) is 5.56 Å². The number of para-hydroxylation sites is 1. The van der Waals surface area contributed by atoms with E-state index in [0.29, 0.717) is 4.68 Å². The maximum atomic E-state index is 13.2. The number of aliphatic hydroxyl groups is 2. The van der Waals surface area contributed by atoms with Crippen molar-refractivity contribution in [2.45, 2.75) is 37.5 Å². The van der Waals surface area contributed by atoms with E-state index in [1.807, 2.05) is 4.98 Å². The molecule has 32 heavy (non-hydrogen) atoms. The number of hydrogen-bond donors (Lipinski definition) is 5. The zero-order valence-corrected chi connectivity index (χ0v) is 17.5. The number of ether oxygens (including phenoxy) is 1. The number of benzene rings is 1. The standard InChI is InChI=1S/C17H21N4O10P/c1-9(16(25)26)20-32(28,31-10-5-3-2-4-6-10)29-8-11-13(23)14(24)15(30-11)21-17(27)19-12(22)7-18-21/h2-7,9,11,13-15,23-24H,8H2,1H3,(H,20,28)(H,25,26)(H,19,22,27)/t9?,11-,13-,14-,15-,32?/m1/s1. The van der Waals surface area contributed by atoms with Crippen molar-refractivity contribution in [3.63, 3.8) is 0 Å². The van der Waals surface area contributed by atoms with E-state index < -0.39 is 62.2 Å². The molecule has 1 aliphatic heterocycles. The molecule has 0 spiro atoms. The van der Waals surface area contributed by atoms with Gasteiger partial charge in [-0.15, -0.1) is 0 Å². The third kappa shape index (κ3) is 5.48. The van der Waals surface area contributed by atoms with Crippen molar-refractivity contribution in [2.75, 3.05) is 6.61 Å². The van der Waals surface area contributed by atoms with Crippen LogP contribution >= 0.6 is 7.75 Å². The fourth-order valence-electron chi connectivity index (χ4n) is 2.79. The number of nitrogens with one attached hydrogen (secondary N) is 2. The summed E-state index contributed by atoms with van der Waals surface area (Å²) >= 11 is 0. The Morgan fingerprint density at radius 2 is 2.00 bits per heavy atom. The third-order valence-corrected chi connectivity index (χ3v) is 6.06. The Bertz CT molecular complexity index is 1110. The van der Waals surface area contributed by atoms with Crippen molar-refractivity contribution < 1.29 is 38.5 Å². The van der Waals surface area contributed by atoms with Gasteiger partial charge in [-0.1, -0.05) is 18.2 Å². The number of aliphatic hydroxyl groups excluding tert-OH is 2. The first-order chi connectivity index (χ1) is 15.1. The summed E-state index contributed by atoms with van der Waals surface area (Å²) in [5.41, 5.74) is -1.75. The summed E-state index contributed by atoms with van der Waals surface area (Å²) in [4.78, 5) is 36.2. The monoisotopic (exact) mass is 472 g/mol. The fraction of sp³-hybridized carbons (Fsp3) is 0.412. The SMILES string of the molecule is CC(NP(=O)(OC[C@H]1O[C@@H](n2ncc(=O)[nH]c2=O)[C@H](O)[C@@H]1O)Oc1ccccc1)C(=O)O. The summed E-state index contributed by atoms with van der Waals surface area (Å²) in [7, 11) is -4.29. The molecule has 2 heterocycles. The van der Waals surface area contributed by atoms with Crippen molar-refractivity contribution in [3.05, 3.63) is 57.4 Å². The summed E-state index contributed by atoms with van der Waals surface area (Å²) < 4.78 is 29.8. The number of aliphatic carboxylic acids is 1. The van der Waals surface area contributed by atoms with Crippen LogP contribution in [0.3, 0.4) is 0 Å². The van der Waals surface area contributed by atoms with Crippen LogP contribution in [0.25, 0.3) is 0 Å². The number of carbonyl (C=O) groups is 1. The minimum atomic E-state index is -4.29. The normalized spacial score (nSPS) is 25.7. The third-order valence-electron chi connectivity index (χ3n) is 4.42. The van der Waals surface area contributed by atoms with E-state index >= 15 is 0 Å². The number of aromatic amines is 1. The highest BCUT2D eigenvalue weighted by atomic mass is 31.2. The van der Waals surface area contributed by atoms with Crippen molar-refractivity contribution in [3.8, 4) is 5.75 Å². The smallest absolute Gasteiger partial charge is 0.459 e. The quantitative estimate of drug-likeness (QED) is 0.274. The Kier molecular flexibility index (Phi) is 7.23. The minimum Gasteiger partial charge on any atom is -0.480 e. The van der Waals surface area contributed by atoms with Gasteiger partial charge in [-0.05, 0) is 19.1 Å². The van der Waals surface area contributed by atoms with Crippen LogP contribution in [0.5, 0.6) is 5.75 Å². The lowest BCUT2D eigenvalue weighted by Crippen LogP contribution is -2.39. The number of carboxylic acids is 1. The zero-order chi connectivity index (χ0) is 23.5. The van der Waals surface area contributed by atoms with Gasteiger partial charge < -0.3 is 24.6 Å². The highest BCUT2D eigenvalue weighted by molar-refractivity contribution is 7.52. The Balaban J connectivity index is 1.76. The summed E-state index contributed by atoms with van der Waals surface area (Å²) in [6.07, 6.45) is -5.22. The van der Waals surface area contributed by atoms with E-state index in [1.165, 1.54) is 19.1 Å². The lowest BCUT2D eigenvalue weighted by atomic mass is 10.1. The summed E-state index contributed by atoms with van der Waals surface area (Å²) in [6, 6.07) is 6.50. The Hall–Kier alpha value is -2.87. The zero-order valence-electron chi connectivity index (χ0n) is 16.6. The van der Waals surface area contributed by atoms with Gasteiger partial charge in [-0.3, -0.25) is 19.1 Å². The van der Waals surface area contributed by atoms with E-state index in [2.05, 4.69) is 10.2 Å². The molecular weight excluding hydrogens is 451 g/mol. The van der Waals surface area contributed by atoms with Gasteiger partial charge in [0.2, 0.25) is 0 Å². The van der Waals surface area contributed by atoms with Crippen LogP contribution in [0.4, 0.5) is 0 Å². The van der Waals surface area contributed by atoms with Gasteiger partial charge in [0.05, 0.1) is 6.61 Å². The van der Waals surface area contributed by atoms with Crippen molar-refractivity contribution in [1.82, 2.24) is 19.9 Å². The van der Waals surface area contributed by atoms with E-state index in [4.69, 9.17) is 18.9 Å². The molecule has 2 aromatic rings. The van der Waals surface area contributed by atoms with Crippen LogP contribution in [0.2, 0.25) is 0 Å². The number of rotatable bonds is 9. The van der Waals surface area contributed by atoms with E-state index in [1.54, 1.807) is 18.2 Å². The van der Waals surface area contributed by atoms with Gasteiger partial charge in [-0.25, -0.2) is 9.36 Å². The molecule has 15 heteroatoms. The predicted molar refractivity (Wildman–Crippen MR) is 106 cm³/mol. The van der Waals surface area contributed by atoms with E-state index in [9.17, 15) is 29.2 Å². The summed E-state index contributed by atoms with van der Waals surface area (Å²) in [5.74, 6) is -1.20. The maximum Gasteiger partial charge on any atom is 0.459 e. The van der Waals surface area contributed by atoms with Crippen LogP contribution in [0.1, 0.15) is 13.2 Å². The number of aromatic nitrogens is 3. The number of nitrogens with zero attached hydrogens (tertiary/aromatic N) is 2. The second-order valence-corrected chi connectivity index (χ2v) is 8.51. The Morgan fingerprint density at radius 1 is 1.31 bits per heavy atom. The molecule has 1 saturated heterocycles. The molecule has 1 fully saturated rings. The molecule has 0 bridgehead atoms. The number of carboxylic acid groups (broad SMARTS) is 1. The molecular formula is C17H21N4O10P. The molecule has 3 rings (SSSR count). The van der Waals surface area contributed by atoms with Crippen LogP contribution in [0.15, 0.2) is 46.1 Å². The molecule has 1 aromatic carbocycles. The Morgan fingerprint density at radius 3 is 2.62 bits per heavy atom. The van der Waals surface area contributed by atoms with Gasteiger partial charge >= 0.3 is 19.4 Å². The molecule has 0 radical (unpaired) electrons. The second-order valence-electron chi connectivity index (χ2n) is 6.82. The highest BCUT2D eigenvalue weighted by Gasteiger charge is 2.46. The second kappa shape index (κ2) is 9.73. The van der Waals surface area contributed by atoms with Crippen LogP contribution in [0, 0.1) is 0 Å². The van der Waals surface area contributed by atoms with E-state index in [-0.39, 0.29) is 5.75 Å². The van der Waals surface area contributed by atoms with Crippen molar-refractivity contribution in [1.29, 1.82) is 0 Å². The first-order valence-electron chi connectivity index (χ1n) is 9.29. The van der Waals surface area contributed by atoms with Gasteiger partial charge in [-0.2, -0.15) is 14.9 Å². The molecule has 1 aromatic heterocycles. The molecule has 0 saturated carbocycles. The molecule has 5 N–H and O–H groups in total. The van der Waals surface area contributed by atoms with E-state index in [0.717, 1.165) is 6.20 Å². The van der Waals surface area contributed by atoms with Crippen LogP contribution in [-0.4, -0.2) is 67.0 Å². The molecule has 0 aliphatic carbocycles. The largest absolute Gasteiger partial charge is 0.480 e. The first-order valence-corrected chi connectivity index (χ1v) is 10.8. The number of hydrogen-bond acceptors (Lipinski definition) is 10.